The van der Waals surface area contributed by atoms with Crippen LogP contribution in [0.5, 0.6) is 0 Å². The van der Waals surface area contributed by atoms with E-state index < -0.39 is 0 Å². The van der Waals surface area contributed by atoms with Crippen LogP contribution in [0.4, 0.5) is 0 Å². The van der Waals surface area contributed by atoms with Crippen molar-refractivity contribution >= 4 is 0 Å². The molecule has 0 aliphatic carbocycles. The van der Waals surface area contributed by atoms with E-state index in [-0.39, 0.29) is 0 Å². The molecule has 2 nitrogen and oxygen atoms in total. The van der Waals surface area contributed by atoms with Crippen molar-refractivity contribution in [1.29, 1.82) is 0 Å². The molecule has 2 heteroatoms. The molecule has 0 aromatic heterocycles. The lowest BCUT2D eigenvalue weighted by Crippen LogP contribution is -2.25. The molecule has 1 heterocycles. The van der Waals surface area contributed by atoms with Gasteiger partial charge in [-0.2, -0.15) is 0 Å². The van der Waals surface area contributed by atoms with Gasteiger partial charge in [0, 0.05) is 6.04 Å². The summed E-state index contributed by atoms with van der Waals surface area (Å²) >= 11 is 0. The maximum absolute atomic E-state index is 5.22. The summed E-state index contributed by atoms with van der Waals surface area (Å²) in [5.41, 5.74) is 1.38. The molecule has 1 saturated heterocycles. The Bertz CT molecular complexity index is 229. The van der Waals surface area contributed by atoms with Gasteiger partial charge in [-0.1, -0.05) is 30.3 Å². The van der Waals surface area contributed by atoms with Crippen molar-refractivity contribution in [3.8, 4) is 0 Å². The third-order valence-corrected chi connectivity index (χ3v) is 2.12. The van der Waals surface area contributed by atoms with Crippen LogP contribution in [0.15, 0.2) is 30.3 Å². The van der Waals surface area contributed by atoms with Crippen molar-refractivity contribution in [3.05, 3.63) is 35.9 Å². The maximum atomic E-state index is 5.22. The van der Waals surface area contributed by atoms with E-state index >= 15 is 0 Å². The fraction of sp³-hybridized carbons (Fsp3) is 0.400. The second-order valence-electron chi connectivity index (χ2n) is 3.11. The van der Waals surface area contributed by atoms with Gasteiger partial charge in [-0.15, -0.1) is 0 Å². The van der Waals surface area contributed by atoms with Gasteiger partial charge >= 0.3 is 0 Å². The van der Waals surface area contributed by atoms with Gasteiger partial charge in [0.2, 0.25) is 0 Å². The zero-order valence-corrected chi connectivity index (χ0v) is 6.99. The highest BCUT2D eigenvalue weighted by atomic mass is 16.5. The van der Waals surface area contributed by atoms with Crippen LogP contribution in [0, 0.1) is 0 Å². The third-order valence-electron chi connectivity index (χ3n) is 2.12. The lowest BCUT2D eigenvalue weighted by Gasteiger charge is -2.07. The van der Waals surface area contributed by atoms with Crippen LogP contribution < -0.4 is 5.32 Å². The predicted molar refractivity (Wildman–Crippen MR) is 47.9 cm³/mol. The van der Waals surface area contributed by atoms with Crippen LogP contribution in [0.3, 0.4) is 0 Å². The van der Waals surface area contributed by atoms with Crippen molar-refractivity contribution in [2.75, 3.05) is 13.3 Å². The summed E-state index contributed by atoms with van der Waals surface area (Å²) in [5.74, 6) is 0. The van der Waals surface area contributed by atoms with Gasteiger partial charge in [-0.05, 0) is 12.0 Å². The maximum Gasteiger partial charge on any atom is 0.0969 e. The first kappa shape index (κ1) is 7.77. The zero-order chi connectivity index (χ0) is 8.23. The van der Waals surface area contributed by atoms with Gasteiger partial charge < -0.3 is 4.74 Å². The molecular formula is C10H13NO. The number of hydrogen-bond acceptors (Lipinski definition) is 2. The molecule has 0 saturated carbocycles. The van der Waals surface area contributed by atoms with E-state index in [9.17, 15) is 0 Å². The Morgan fingerprint density at radius 3 is 2.83 bits per heavy atom. The highest BCUT2D eigenvalue weighted by molar-refractivity contribution is 5.16. The van der Waals surface area contributed by atoms with Gasteiger partial charge in [0.1, 0.15) is 0 Å². The second-order valence-corrected chi connectivity index (χ2v) is 3.11. The van der Waals surface area contributed by atoms with E-state index in [1.165, 1.54) is 5.56 Å². The van der Waals surface area contributed by atoms with Crippen molar-refractivity contribution in [1.82, 2.24) is 5.32 Å². The lowest BCUT2D eigenvalue weighted by atomic mass is 10.1. The minimum atomic E-state index is 0.507. The minimum absolute atomic E-state index is 0.507. The Balaban J connectivity index is 1.94. The summed E-state index contributed by atoms with van der Waals surface area (Å²) in [6, 6.07) is 11.0. The fourth-order valence-corrected chi connectivity index (χ4v) is 1.47. The average Bonchev–Trinajstić information content (AvgIpc) is 2.59. The summed E-state index contributed by atoms with van der Waals surface area (Å²) in [4.78, 5) is 0. The predicted octanol–water partition coefficient (Wildman–Crippen LogP) is 1.18. The average molecular weight is 163 g/mol. The molecule has 64 valence electrons. The van der Waals surface area contributed by atoms with Crippen molar-refractivity contribution in [2.24, 2.45) is 0 Å². The number of benzene rings is 1. The van der Waals surface area contributed by atoms with Crippen LogP contribution in [0.25, 0.3) is 0 Å². The van der Waals surface area contributed by atoms with E-state index in [1.807, 2.05) is 6.07 Å². The molecule has 1 aliphatic rings. The number of rotatable bonds is 2. The Labute approximate surface area is 72.5 Å². The summed E-state index contributed by atoms with van der Waals surface area (Å²) in [6.07, 6.45) is 1.07. The number of ether oxygens (including phenoxy) is 1. The molecule has 1 atom stereocenters. The quantitative estimate of drug-likeness (QED) is 0.706. The summed E-state index contributed by atoms with van der Waals surface area (Å²) in [6.45, 7) is 1.55. The molecule has 0 bridgehead atoms. The first-order valence-corrected chi connectivity index (χ1v) is 4.30. The number of hydrogen-bond donors (Lipinski definition) is 1. The molecule has 1 unspecified atom stereocenters. The molecular weight excluding hydrogens is 150 g/mol. The van der Waals surface area contributed by atoms with Crippen LogP contribution in [0.2, 0.25) is 0 Å². The molecule has 0 radical (unpaired) electrons. The summed E-state index contributed by atoms with van der Waals surface area (Å²) < 4.78 is 5.22. The smallest absolute Gasteiger partial charge is 0.0969 e. The minimum Gasteiger partial charge on any atom is -0.365 e. The molecule has 0 spiro atoms. The van der Waals surface area contributed by atoms with Crippen molar-refractivity contribution < 1.29 is 4.74 Å². The Morgan fingerprint density at radius 1 is 1.33 bits per heavy atom. The second kappa shape index (κ2) is 3.70. The first-order chi connectivity index (χ1) is 5.95. The molecule has 1 aromatic carbocycles. The molecule has 1 N–H and O–H groups in total. The Hall–Kier alpha value is -0.860. The normalized spacial score (nSPS) is 22.8. The molecule has 2 rings (SSSR count). The third kappa shape index (κ3) is 1.84. The Morgan fingerprint density at radius 2 is 2.17 bits per heavy atom. The van der Waals surface area contributed by atoms with E-state index in [2.05, 4.69) is 29.6 Å². The molecule has 1 aliphatic heterocycles. The van der Waals surface area contributed by atoms with Crippen molar-refractivity contribution in [2.45, 2.75) is 12.5 Å². The molecule has 1 aromatic rings. The first-order valence-electron chi connectivity index (χ1n) is 4.30. The van der Waals surface area contributed by atoms with Crippen LogP contribution in [-0.4, -0.2) is 19.4 Å². The highest BCUT2D eigenvalue weighted by Crippen LogP contribution is 2.05. The summed E-state index contributed by atoms with van der Waals surface area (Å²) in [5, 5.41) is 3.28. The molecule has 0 amide bonds. The van der Waals surface area contributed by atoms with Crippen LogP contribution >= 0.6 is 0 Å². The summed E-state index contributed by atoms with van der Waals surface area (Å²) in [7, 11) is 0. The van der Waals surface area contributed by atoms with Gasteiger partial charge in [0.15, 0.2) is 0 Å². The van der Waals surface area contributed by atoms with Crippen molar-refractivity contribution in [3.63, 3.8) is 0 Å². The Kier molecular flexibility index (Phi) is 2.39. The van der Waals surface area contributed by atoms with E-state index in [4.69, 9.17) is 4.74 Å². The molecule has 12 heavy (non-hydrogen) atoms. The van der Waals surface area contributed by atoms with E-state index in [1.54, 1.807) is 0 Å². The standard InChI is InChI=1S/C10H13NO/c1-2-4-9(5-3-1)6-10-7-12-8-11-10/h1-5,10-11H,6-8H2. The van der Waals surface area contributed by atoms with Gasteiger partial charge in [-0.3, -0.25) is 5.32 Å². The topological polar surface area (TPSA) is 21.3 Å². The lowest BCUT2D eigenvalue weighted by molar-refractivity contribution is 0.189. The van der Waals surface area contributed by atoms with Crippen LogP contribution in [0.1, 0.15) is 5.56 Å². The highest BCUT2D eigenvalue weighted by Gasteiger charge is 2.13. The van der Waals surface area contributed by atoms with E-state index in [0.29, 0.717) is 12.8 Å². The van der Waals surface area contributed by atoms with Crippen LogP contribution in [-0.2, 0) is 11.2 Å². The van der Waals surface area contributed by atoms with E-state index in [0.717, 1.165) is 13.0 Å². The fourth-order valence-electron chi connectivity index (χ4n) is 1.47. The van der Waals surface area contributed by atoms with Gasteiger partial charge in [-0.25, -0.2) is 0 Å². The zero-order valence-electron chi connectivity index (χ0n) is 6.99. The van der Waals surface area contributed by atoms with Gasteiger partial charge in [0.25, 0.3) is 0 Å². The number of nitrogens with one attached hydrogen (secondary N) is 1. The molecule has 1 fully saturated rings. The van der Waals surface area contributed by atoms with Gasteiger partial charge in [0.05, 0.1) is 13.3 Å². The largest absolute Gasteiger partial charge is 0.365 e. The monoisotopic (exact) mass is 163 g/mol. The SMILES string of the molecule is c1ccc(CC2COCN2)cc1.